The number of anilines is 1. The van der Waals surface area contributed by atoms with Crippen LogP contribution in [0.1, 0.15) is 10.4 Å². The number of carboxylic acids is 1. The quantitative estimate of drug-likeness (QED) is 0.784. The summed E-state index contributed by atoms with van der Waals surface area (Å²) in [6, 6.07) is 6.26. The molecule has 2 rings (SSSR count). The molecule has 8 heteroatoms. The molecule has 20 heavy (non-hydrogen) atoms. The van der Waals surface area contributed by atoms with Gasteiger partial charge in [0.1, 0.15) is 0 Å². The third-order valence-electron chi connectivity index (χ3n) is 2.68. The van der Waals surface area contributed by atoms with Crippen molar-refractivity contribution in [2.75, 3.05) is 17.2 Å². The topological polar surface area (TPSA) is 86.7 Å². The third kappa shape index (κ3) is 2.96. The summed E-state index contributed by atoms with van der Waals surface area (Å²) in [5, 5.41) is 11.3. The molecule has 0 bridgehead atoms. The Kier molecular flexibility index (Phi) is 4.66. The highest BCUT2D eigenvalue weighted by Crippen LogP contribution is 2.29. The molecule has 0 aliphatic carbocycles. The van der Waals surface area contributed by atoms with E-state index in [0.29, 0.717) is 17.6 Å². The minimum absolute atomic E-state index is 0.0623. The van der Waals surface area contributed by atoms with Gasteiger partial charge in [0, 0.05) is 17.6 Å². The summed E-state index contributed by atoms with van der Waals surface area (Å²) in [4.78, 5) is 36.0. The molecule has 1 saturated heterocycles. The first-order chi connectivity index (χ1) is 9.54. The van der Waals surface area contributed by atoms with E-state index in [0.717, 1.165) is 16.7 Å². The minimum Gasteiger partial charge on any atom is -0.478 e. The van der Waals surface area contributed by atoms with E-state index in [9.17, 15) is 14.4 Å². The predicted molar refractivity (Wildman–Crippen MR) is 79.3 cm³/mol. The SMILES string of the molecule is O=C(O)c1ccccc1N[C@H]1SC(=O)N(CCBr)C1=O. The van der Waals surface area contributed by atoms with Gasteiger partial charge in [-0.05, 0) is 23.9 Å². The lowest BCUT2D eigenvalue weighted by Gasteiger charge is -2.14. The molecule has 2 N–H and O–H groups in total. The Hall–Kier alpha value is -1.54. The zero-order chi connectivity index (χ0) is 14.7. The van der Waals surface area contributed by atoms with Gasteiger partial charge in [-0.2, -0.15) is 0 Å². The van der Waals surface area contributed by atoms with Crippen LogP contribution < -0.4 is 5.32 Å². The number of para-hydroxylation sites is 1. The van der Waals surface area contributed by atoms with Crippen molar-refractivity contribution >= 4 is 50.5 Å². The molecule has 0 unspecified atom stereocenters. The van der Waals surface area contributed by atoms with E-state index < -0.39 is 11.3 Å². The molecule has 1 aliphatic heterocycles. The highest BCUT2D eigenvalue weighted by Gasteiger charge is 2.39. The van der Waals surface area contributed by atoms with Crippen LogP contribution >= 0.6 is 27.7 Å². The number of carbonyl (C=O) groups excluding carboxylic acids is 2. The van der Waals surface area contributed by atoms with Crippen LogP contribution in [0.3, 0.4) is 0 Å². The number of carbonyl (C=O) groups is 3. The molecular weight excluding hydrogens is 348 g/mol. The fourth-order valence-corrected chi connectivity index (χ4v) is 3.04. The van der Waals surface area contributed by atoms with Gasteiger partial charge < -0.3 is 10.4 Å². The molecule has 1 atom stereocenters. The molecule has 0 aromatic heterocycles. The van der Waals surface area contributed by atoms with Gasteiger partial charge in [-0.1, -0.05) is 28.1 Å². The van der Waals surface area contributed by atoms with E-state index in [2.05, 4.69) is 21.2 Å². The Morgan fingerprint density at radius 3 is 2.75 bits per heavy atom. The molecular formula is C12H11BrN2O4S. The van der Waals surface area contributed by atoms with Crippen molar-refractivity contribution in [1.82, 2.24) is 4.90 Å². The molecule has 1 aromatic carbocycles. The van der Waals surface area contributed by atoms with Crippen molar-refractivity contribution in [1.29, 1.82) is 0 Å². The minimum atomic E-state index is -1.09. The molecule has 0 saturated carbocycles. The summed E-state index contributed by atoms with van der Waals surface area (Å²) >= 11 is 4.03. The second-order valence-electron chi connectivity index (χ2n) is 3.94. The van der Waals surface area contributed by atoms with Crippen molar-refractivity contribution in [3.05, 3.63) is 29.8 Å². The highest BCUT2D eigenvalue weighted by atomic mass is 79.9. The fraction of sp³-hybridized carbons (Fsp3) is 0.250. The summed E-state index contributed by atoms with van der Waals surface area (Å²) in [6.07, 6.45) is 0. The van der Waals surface area contributed by atoms with Crippen LogP contribution in [0.15, 0.2) is 24.3 Å². The van der Waals surface area contributed by atoms with Gasteiger partial charge in [-0.3, -0.25) is 14.5 Å². The van der Waals surface area contributed by atoms with Crippen molar-refractivity contribution < 1.29 is 19.5 Å². The number of hydrogen-bond acceptors (Lipinski definition) is 5. The number of carboxylic acid groups (broad SMARTS) is 1. The van der Waals surface area contributed by atoms with Crippen LogP contribution in [-0.4, -0.2) is 44.4 Å². The van der Waals surface area contributed by atoms with Gasteiger partial charge >= 0.3 is 5.97 Å². The zero-order valence-electron chi connectivity index (χ0n) is 10.2. The molecule has 1 heterocycles. The average molecular weight is 359 g/mol. The number of nitrogens with one attached hydrogen (secondary N) is 1. The van der Waals surface area contributed by atoms with Crippen LogP contribution in [0.5, 0.6) is 0 Å². The first-order valence-corrected chi connectivity index (χ1v) is 7.71. The van der Waals surface area contributed by atoms with Gasteiger partial charge in [0.05, 0.1) is 5.56 Å². The zero-order valence-corrected chi connectivity index (χ0v) is 12.6. The van der Waals surface area contributed by atoms with E-state index in [-0.39, 0.29) is 16.7 Å². The van der Waals surface area contributed by atoms with E-state index >= 15 is 0 Å². The number of thioether (sulfide) groups is 1. The lowest BCUT2D eigenvalue weighted by molar-refractivity contribution is -0.126. The van der Waals surface area contributed by atoms with Crippen LogP contribution in [0, 0.1) is 0 Å². The lowest BCUT2D eigenvalue weighted by atomic mass is 10.2. The lowest BCUT2D eigenvalue weighted by Crippen LogP contribution is -2.35. The number of rotatable bonds is 5. The Morgan fingerprint density at radius 2 is 2.10 bits per heavy atom. The van der Waals surface area contributed by atoms with Crippen molar-refractivity contribution in [2.24, 2.45) is 0 Å². The van der Waals surface area contributed by atoms with Gasteiger partial charge in [0.25, 0.3) is 11.1 Å². The van der Waals surface area contributed by atoms with Crippen molar-refractivity contribution in [2.45, 2.75) is 5.37 Å². The molecule has 6 nitrogen and oxygen atoms in total. The molecule has 1 aromatic rings. The van der Waals surface area contributed by atoms with Crippen molar-refractivity contribution in [3.8, 4) is 0 Å². The Bertz CT molecular complexity index is 566. The summed E-state index contributed by atoms with van der Waals surface area (Å²) in [7, 11) is 0. The molecule has 1 aliphatic rings. The fourth-order valence-electron chi connectivity index (χ4n) is 1.76. The molecule has 0 spiro atoms. The standard InChI is InChI=1S/C12H11BrN2O4S/c13-5-6-15-10(16)9(20-12(15)19)14-8-4-2-1-3-7(8)11(17)18/h1-4,9,14H,5-6H2,(H,17,18)/t9-/m0/s1. The highest BCUT2D eigenvalue weighted by molar-refractivity contribution is 9.09. The van der Waals surface area contributed by atoms with Gasteiger partial charge in [0.2, 0.25) is 0 Å². The molecule has 0 radical (unpaired) electrons. The molecule has 106 valence electrons. The van der Waals surface area contributed by atoms with Gasteiger partial charge in [-0.15, -0.1) is 0 Å². The number of alkyl halides is 1. The second kappa shape index (κ2) is 6.27. The Labute approximate surface area is 127 Å². The summed E-state index contributed by atoms with van der Waals surface area (Å²) in [6.45, 7) is 0.295. The maximum Gasteiger partial charge on any atom is 0.337 e. The third-order valence-corrected chi connectivity index (χ3v) is 4.01. The van der Waals surface area contributed by atoms with Gasteiger partial charge in [-0.25, -0.2) is 4.79 Å². The van der Waals surface area contributed by atoms with Crippen LogP contribution in [0.25, 0.3) is 0 Å². The number of imide groups is 1. The number of aromatic carboxylic acids is 1. The van der Waals surface area contributed by atoms with E-state index in [4.69, 9.17) is 5.11 Å². The first kappa shape index (κ1) is 14.9. The number of benzene rings is 1. The van der Waals surface area contributed by atoms with Crippen LogP contribution in [0.2, 0.25) is 0 Å². The Morgan fingerprint density at radius 1 is 1.40 bits per heavy atom. The maximum atomic E-state index is 12.0. The number of amides is 2. The molecule has 1 fully saturated rings. The Balaban J connectivity index is 2.18. The van der Waals surface area contributed by atoms with Crippen molar-refractivity contribution in [3.63, 3.8) is 0 Å². The summed E-state index contributed by atoms with van der Waals surface area (Å²) in [5.74, 6) is -1.45. The summed E-state index contributed by atoms with van der Waals surface area (Å²) < 4.78 is 0. The molecule has 2 amide bonds. The normalized spacial score (nSPS) is 18.4. The monoisotopic (exact) mass is 358 g/mol. The smallest absolute Gasteiger partial charge is 0.337 e. The number of halogens is 1. The van der Waals surface area contributed by atoms with E-state index in [1.807, 2.05) is 0 Å². The predicted octanol–water partition coefficient (Wildman–Crippen LogP) is 2.21. The number of hydrogen-bond donors (Lipinski definition) is 2. The van der Waals surface area contributed by atoms with Crippen LogP contribution in [0.4, 0.5) is 10.5 Å². The second-order valence-corrected chi connectivity index (χ2v) is 5.79. The van der Waals surface area contributed by atoms with Gasteiger partial charge in [0.15, 0.2) is 5.37 Å². The van der Waals surface area contributed by atoms with E-state index in [1.165, 1.54) is 6.07 Å². The van der Waals surface area contributed by atoms with Crippen LogP contribution in [-0.2, 0) is 4.79 Å². The largest absolute Gasteiger partial charge is 0.478 e. The first-order valence-electron chi connectivity index (χ1n) is 5.71. The van der Waals surface area contributed by atoms with E-state index in [1.54, 1.807) is 18.2 Å². The summed E-state index contributed by atoms with van der Waals surface area (Å²) in [5.41, 5.74) is 0.381. The maximum absolute atomic E-state index is 12.0. The average Bonchev–Trinajstić information content (AvgIpc) is 2.67. The number of nitrogens with zero attached hydrogens (tertiary/aromatic N) is 1.